The smallest absolute Gasteiger partial charge is 0.282 e. The molecular formula is C21H18ClFN2O4. The van der Waals surface area contributed by atoms with Crippen LogP contribution in [-0.2, 0) is 14.3 Å². The van der Waals surface area contributed by atoms with Gasteiger partial charge in [-0.2, -0.15) is 0 Å². The Labute approximate surface area is 172 Å². The van der Waals surface area contributed by atoms with Gasteiger partial charge in [0.2, 0.25) is 0 Å². The van der Waals surface area contributed by atoms with Crippen LogP contribution < -0.4 is 9.64 Å². The molecule has 0 unspecified atom stereocenters. The van der Waals surface area contributed by atoms with Crippen molar-refractivity contribution in [3.05, 3.63) is 64.6 Å². The largest absolute Gasteiger partial charge is 0.497 e. The van der Waals surface area contributed by atoms with E-state index in [0.717, 1.165) is 11.0 Å². The van der Waals surface area contributed by atoms with Crippen LogP contribution in [0.25, 0.3) is 5.57 Å². The highest BCUT2D eigenvalue weighted by Crippen LogP contribution is 2.36. The van der Waals surface area contributed by atoms with E-state index in [1.54, 1.807) is 31.4 Å². The number of carbonyl (C=O) groups excluding carboxylic acids is 2. The molecule has 8 heteroatoms. The van der Waals surface area contributed by atoms with Crippen LogP contribution in [0.1, 0.15) is 5.56 Å². The molecule has 0 aliphatic carbocycles. The third-order valence-electron chi connectivity index (χ3n) is 4.93. The number of anilines is 1. The number of hydrogen-bond donors (Lipinski definition) is 0. The summed E-state index contributed by atoms with van der Waals surface area (Å²) in [7, 11) is 1.55. The zero-order valence-corrected chi connectivity index (χ0v) is 16.4. The minimum absolute atomic E-state index is 0.158. The zero-order valence-electron chi connectivity index (χ0n) is 15.7. The lowest BCUT2D eigenvalue weighted by Gasteiger charge is -2.29. The SMILES string of the molecule is COc1ccc(C2=C(N3CCOCC3)C(=O)N(c3ccc(F)c(Cl)c3)C2=O)cc1. The van der Waals surface area contributed by atoms with E-state index in [1.165, 1.54) is 12.1 Å². The van der Waals surface area contributed by atoms with Gasteiger partial charge >= 0.3 is 0 Å². The average Bonchev–Trinajstić information content (AvgIpc) is 3.01. The Hall–Kier alpha value is -2.90. The van der Waals surface area contributed by atoms with Crippen molar-refractivity contribution in [2.75, 3.05) is 38.3 Å². The topological polar surface area (TPSA) is 59.1 Å². The van der Waals surface area contributed by atoms with Gasteiger partial charge in [-0.1, -0.05) is 23.7 Å². The number of ether oxygens (including phenoxy) is 2. The van der Waals surface area contributed by atoms with Gasteiger partial charge in [-0.15, -0.1) is 0 Å². The van der Waals surface area contributed by atoms with Gasteiger partial charge in [0.1, 0.15) is 17.3 Å². The average molecular weight is 417 g/mol. The first-order valence-electron chi connectivity index (χ1n) is 9.06. The summed E-state index contributed by atoms with van der Waals surface area (Å²) in [6.45, 7) is 1.91. The van der Waals surface area contributed by atoms with E-state index in [-0.39, 0.29) is 10.7 Å². The van der Waals surface area contributed by atoms with Crippen LogP contribution in [0.4, 0.5) is 10.1 Å². The fourth-order valence-electron chi connectivity index (χ4n) is 3.48. The molecule has 2 heterocycles. The Morgan fingerprint density at radius 1 is 1.03 bits per heavy atom. The van der Waals surface area contributed by atoms with Crippen LogP contribution in [0, 0.1) is 5.82 Å². The van der Waals surface area contributed by atoms with Gasteiger partial charge in [0.05, 0.1) is 36.6 Å². The van der Waals surface area contributed by atoms with Crippen molar-refractivity contribution in [1.29, 1.82) is 0 Å². The van der Waals surface area contributed by atoms with Crippen LogP contribution in [0.5, 0.6) is 5.75 Å². The van der Waals surface area contributed by atoms with Crippen molar-refractivity contribution in [2.45, 2.75) is 0 Å². The monoisotopic (exact) mass is 416 g/mol. The van der Waals surface area contributed by atoms with Gasteiger partial charge in [0.15, 0.2) is 0 Å². The molecule has 4 rings (SSSR count). The number of methoxy groups -OCH3 is 1. The van der Waals surface area contributed by atoms with Crippen LogP contribution in [0.3, 0.4) is 0 Å². The van der Waals surface area contributed by atoms with Gasteiger partial charge in [-0.25, -0.2) is 9.29 Å². The number of amides is 2. The molecule has 0 bridgehead atoms. The van der Waals surface area contributed by atoms with E-state index in [1.807, 2.05) is 4.90 Å². The second-order valence-corrected chi connectivity index (χ2v) is 7.00. The molecule has 2 amide bonds. The lowest BCUT2D eigenvalue weighted by molar-refractivity contribution is -0.121. The van der Waals surface area contributed by atoms with Crippen molar-refractivity contribution in [3.8, 4) is 5.75 Å². The molecule has 0 radical (unpaired) electrons. The Balaban J connectivity index is 1.81. The maximum atomic E-state index is 13.6. The van der Waals surface area contributed by atoms with E-state index in [9.17, 15) is 14.0 Å². The van der Waals surface area contributed by atoms with Gasteiger partial charge in [-0.05, 0) is 35.9 Å². The number of nitrogens with zero attached hydrogens (tertiary/aromatic N) is 2. The summed E-state index contributed by atoms with van der Waals surface area (Å²) in [5.41, 5.74) is 1.42. The van der Waals surface area contributed by atoms with Gasteiger partial charge in [0, 0.05) is 13.1 Å². The lowest BCUT2D eigenvalue weighted by Crippen LogP contribution is -2.40. The molecule has 2 aliphatic heterocycles. The molecule has 0 N–H and O–H groups in total. The summed E-state index contributed by atoms with van der Waals surface area (Å²) in [5.74, 6) is -0.929. The number of hydrogen-bond acceptors (Lipinski definition) is 5. The van der Waals surface area contributed by atoms with Gasteiger partial charge < -0.3 is 14.4 Å². The highest BCUT2D eigenvalue weighted by atomic mass is 35.5. The van der Waals surface area contributed by atoms with Crippen LogP contribution in [0.15, 0.2) is 48.2 Å². The fourth-order valence-corrected chi connectivity index (χ4v) is 3.65. The second-order valence-electron chi connectivity index (χ2n) is 6.60. The minimum Gasteiger partial charge on any atom is -0.497 e. The van der Waals surface area contributed by atoms with Crippen LogP contribution in [-0.4, -0.2) is 50.1 Å². The maximum Gasteiger partial charge on any atom is 0.282 e. The molecule has 6 nitrogen and oxygen atoms in total. The van der Waals surface area contributed by atoms with E-state index in [0.29, 0.717) is 48.9 Å². The number of halogens is 2. The predicted octanol–water partition coefficient (Wildman–Crippen LogP) is 3.10. The summed E-state index contributed by atoms with van der Waals surface area (Å²) < 4.78 is 24.2. The molecule has 0 saturated carbocycles. The van der Waals surface area contributed by atoms with Crippen molar-refractivity contribution in [1.82, 2.24) is 4.90 Å². The third-order valence-corrected chi connectivity index (χ3v) is 5.22. The lowest BCUT2D eigenvalue weighted by atomic mass is 10.0. The fraction of sp³-hybridized carbons (Fsp3) is 0.238. The zero-order chi connectivity index (χ0) is 20.5. The highest BCUT2D eigenvalue weighted by Gasteiger charge is 2.42. The predicted molar refractivity (Wildman–Crippen MR) is 106 cm³/mol. The standard InChI is InChI=1S/C21H18ClFN2O4/c1-28-15-5-2-13(3-6-15)18-19(24-8-10-29-11-9-24)21(27)25(20(18)26)14-4-7-17(23)16(22)12-14/h2-7,12H,8-11H2,1H3. The van der Waals surface area contributed by atoms with Crippen molar-refractivity contribution < 1.29 is 23.5 Å². The molecule has 150 valence electrons. The second kappa shape index (κ2) is 7.85. The first-order chi connectivity index (χ1) is 14.0. The van der Waals surface area contributed by atoms with Crippen LogP contribution >= 0.6 is 11.6 Å². The van der Waals surface area contributed by atoms with E-state index in [4.69, 9.17) is 21.1 Å². The molecule has 0 aromatic heterocycles. The summed E-state index contributed by atoms with van der Waals surface area (Å²) in [6.07, 6.45) is 0. The number of carbonyl (C=O) groups is 2. The third kappa shape index (κ3) is 3.47. The summed E-state index contributed by atoms with van der Waals surface area (Å²) in [6, 6.07) is 10.7. The molecule has 2 aromatic carbocycles. The van der Waals surface area contributed by atoms with Crippen LogP contribution in [0.2, 0.25) is 5.02 Å². The number of imide groups is 1. The number of rotatable bonds is 4. The Kier molecular flexibility index (Phi) is 5.25. The minimum atomic E-state index is -0.619. The van der Waals surface area contributed by atoms with Gasteiger partial charge in [0.25, 0.3) is 11.8 Å². The molecule has 2 aliphatic rings. The van der Waals surface area contributed by atoms with Crippen molar-refractivity contribution in [2.24, 2.45) is 0 Å². The molecule has 1 fully saturated rings. The molecular weight excluding hydrogens is 399 g/mol. The number of benzene rings is 2. The van der Waals surface area contributed by atoms with E-state index >= 15 is 0 Å². The first kappa shape index (κ1) is 19.4. The number of morpholine rings is 1. The molecule has 29 heavy (non-hydrogen) atoms. The molecule has 1 saturated heterocycles. The summed E-state index contributed by atoms with van der Waals surface area (Å²) >= 11 is 5.88. The molecule has 2 aromatic rings. The Morgan fingerprint density at radius 2 is 1.72 bits per heavy atom. The van der Waals surface area contributed by atoms with Crippen molar-refractivity contribution >= 4 is 34.7 Å². The molecule has 0 atom stereocenters. The summed E-state index contributed by atoms with van der Waals surface area (Å²) in [5, 5.41) is -0.158. The first-order valence-corrected chi connectivity index (χ1v) is 9.44. The summed E-state index contributed by atoms with van der Waals surface area (Å²) in [4.78, 5) is 29.6. The normalized spacial score (nSPS) is 17.3. The highest BCUT2D eigenvalue weighted by molar-refractivity contribution is 6.45. The quantitative estimate of drug-likeness (QED) is 0.717. The van der Waals surface area contributed by atoms with Crippen molar-refractivity contribution in [3.63, 3.8) is 0 Å². The molecule has 0 spiro atoms. The Bertz CT molecular complexity index is 1000. The van der Waals surface area contributed by atoms with E-state index < -0.39 is 17.6 Å². The Morgan fingerprint density at radius 3 is 2.34 bits per heavy atom. The van der Waals surface area contributed by atoms with E-state index in [2.05, 4.69) is 0 Å². The maximum absolute atomic E-state index is 13.6. The van der Waals surface area contributed by atoms with Gasteiger partial charge in [-0.3, -0.25) is 9.59 Å².